The highest BCUT2D eigenvalue weighted by Gasteiger charge is 2.32. The van der Waals surface area contributed by atoms with Crippen molar-refractivity contribution in [2.45, 2.75) is 53.6 Å². The molecule has 0 unspecified atom stereocenters. The first-order valence-corrected chi connectivity index (χ1v) is 10.2. The molecule has 0 radical (unpaired) electrons. The number of rotatable bonds is 7. The van der Waals surface area contributed by atoms with E-state index < -0.39 is 11.5 Å². The van der Waals surface area contributed by atoms with E-state index in [1.165, 1.54) is 7.11 Å². The molecule has 7 heteroatoms. The Balaban J connectivity index is 2.45. The fourth-order valence-corrected chi connectivity index (χ4v) is 3.79. The monoisotopic (exact) mass is 428 g/mol. The van der Waals surface area contributed by atoms with E-state index in [9.17, 15) is 14.4 Å². The summed E-state index contributed by atoms with van der Waals surface area (Å²) in [5, 5.41) is 0. The molecule has 7 nitrogen and oxygen atoms in total. The molecule has 1 heterocycles. The van der Waals surface area contributed by atoms with Crippen LogP contribution in [0.4, 0.5) is 0 Å². The molecule has 0 atom stereocenters. The zero-order valence-electron chi connectivity index (χ0n) is 19.7. The van der Waals surface area contributed by atoms with Crippen LogP contribution in [0.25, 0.3) is 0 Å². The van der Waals surface area contributed by atoms with Gasteiger partial charge in [-0.15, -0.1) is 0 Å². The lowest BCUT2D eigenvalue weighted by molar-refractivity contribution is 0.0546. The van der Waals surface area contributed by atoms with Crippen molar-refractivity contribution >= 4 is 17.7 Å². The number of hydrogen-bond donors (Lipinski definition) is 0. The quantitative estimate of drug-likeness (QED) is 0.491. The van der Waals surface area contributed by atoms with Crippen molar-refractivity contribution in [2.75, 3.05) is 20.8 Å². The summed E-state index contributed by atoms with van der Waals surface area (Å²) >= 11 is 0. The van der Waals surface area contributed by atoms with Gasteiger partial charge in [0.05, 0.1) is 20.8 Å². The number of aromatic nitrogens is 1. The van der Waals surface area contributed by atoms with Crippen LogP contribution in [-0.2, 0) is 11.3 Å². The molecule has 2 aromatic rings. The van der Waals surface area contributed by atoms with Crippen molar-refractivity contribution in [3.63, 3.8) is 0 Å². The molecule has 1 aromatic heterocycles. The van der Waals surface area contributed by atoms with Gasteiger partial charge in [0.25, 0.3) is 5.91 Å². The predicted octanol–water partition coefficient (Wildman–Crippen LogP) is 4.04. The highest BCUT2D eigenvalue weighted by molar-refractivity contribution is 6.06. The summed E-state index contributed by atoms with van der Waals surface area (Å²) in [5.74, 6) is -0.299. The Labute approximate surface area is 183 Å². The number of carbonyl (C=O) groups excluding carboxylic acids is 3. The van der Waals surface area contributed by atoms with Crippen molar-refractivity contribution in [2.24, 2.45) is 0 Å². The highest BCUT2D eigenvalue weighted by Crippen LogP contribution is 2.26. The van der Waals surface area contributed by atoms with Gasteiger partial charge in [-0.25, -0.2) is 4.79 Å². The van der Waals surface area contributed by atoms with Crippen LogP contribution < -0.4 is 4.74 Å². The average molecular weight is 429 g/mol. The lowest BCUT2D eigenvalue weighted by atomic mass is 10.00. The van der Waals surface area contributed by atoms with E-state index in [0.29, 0.717) is 40.4 Å². The lowest BCUT2D eigenvalue weighted by Crippen LogP contribution is -2.48. The smallest absolute Gasteiger partial charge is 0.354 e. The van der Waals surface area contributed by atoms with Gasteiger partial charge in [-0.05, 0) is 71.4 Å². The van der Waals surface area contributed by atoms with Gasteiger partial charge in [-0.2, -0.15) is 0 Å². The Morgan fingerprint density at radius 3 is 2.06 bits per heavy atom. The minimum atomic E-state index is -0.590. The Morgan fingerprint density at radius 2 is 1.61 bits per heavy atom. The van der Waals surface area contributed by atoms with Crippen LogP contribution in [0.1, 0.15) is 70.2 Å². The van der Waals surface area contributed by atoms with Gasteiger partial charge in [0.1, 0.15) is 11.4 Å². The van der Waals surface area contributed by atoms with E-state index in [-0.39, 0.29) is 18.2 Å². The third-order valence-electron chi connectivity index (χ3n) is 5.43. The van der Waals surface area contributed by atoms with Crippen LogP contribution in [-0.4, -0.2) is 53.4 Å². The van der Waals surface area contributed by atoms with Crippen LogP contribution in [0.5, 0.6) is 5.75 Å². The second-order valence-corrected chi connectivity index (χ2v) is 8.38. The van der Waals surface area contributed by atoms with E-state index in [4.69, 9.17) is 9.47 Å². The number of methoxy groups -OCH3 is 2. The molecule has 0 fully saturated rings. The fourth-order valence-electron chi connectivity index (χ4n) is 3.79. The number of nitrogens with zero attached hydrogens (tertiary/aromatic N) is 2. The molecule has 0 saturated carbocycles. The Bertz CT molecular complexity index is 981. The summed E-state index contributed by atoms with van der Waals surface area (Å²) in [5.41, 5.74) is 1.97. The molecule has 31 heavy (non-hydrogen) atoms. The van der Waals surface area contributed by atoms with Crippen molar-refractivity contribution < 1.29 is 23.9 Å². The molecule has 0 spiro atoms. The molecule has 2 rings (SSSR count). The SMILES string of the molecule is CCn1c(C)c(C(=O)CN(C(=O)c2ccc(OC)cc2)C(C)(C)C)c(C)c1C(=O)OC. The average Bonchev–Trinajstić information content (AvgIpc) is 2.99. The highest BCUT2D eigenvalue weighted by atomic mass is 16.5. The number of benzene rings is 1. The number of carbonyl (C=O) groups is 3. The van der Waals surface area contributed by atoms with Gasteiger partial charge in [-0.3, -0.25) is 9.59 Å². The first-order chi connectivity index (χ1) is 14.5. The molecule has 0 bridgehead atoms. The molecule has 0 saturated heterocycles. The van der Waals surface area contributed by atoms with Crippen LogP contribution >= 0.6 is 0 Å². The zero-order chi connectivity index (χ0) is 23.5. The third kappa shape index (κ3) is 4.81. The summed E-state index contributed by atoms with van der Waals surface area (Å²) in [6.45, 7) is 11.5. The maximum Gasteiger partial charge on any atom is 0.354 e. The second kappa shape index (κ2) is 9.37. The van der Waals surface area contributed by atoms with Gasteiger partial charge in [0.15, 0.2) is 5.78 Å². The van der Waals surface area contributed by atoms with Crippen LogP contribution in [0.3, 0.4) is 0 Å². The van der Waals surface area contributed by atoms with E-state index >= 15 is 0 Å². The molecule has 0 N–H and O–H groups in total. The fraction of sp³-hybridized carbons (Fsp3) is 0.458. The Morgan fingerprint density at radius 1 is 1.03 bits per heavy atom. The Hall–Kier alpha value is -3.09. The van der Waals surface area contributed by atoms with Crippen LogP contribution in [0.2, 0.25) is 0 Å². The largest absolute Gasteiger partial charge is 0.497 e. The van der Waals surface area contributed by atoms with E-state index in [1.54, 1.807) is 47.8 Å². The van der Waals surface area contributed by atoms with Gasteiger partial charge in [0, 0.05) is 28.9 Å². The number of ketones is 1. The normalized spacial score (nSPS) is 11.2. The maximum atomic E-state index is 13.4. The molecule has 0 aliphatic heterocycles. The Kier molecular flexibility index (Phi) is 7.31. The van der Waals surface area contributed by atoms with Crippen LogP contribution in [0, 0.1) is 13.8 Å². The minimum Gasteiger partial charge on any atom is -0.497 e. The molecule has 0 aliphatic carbocycles. The molecule has 168 valence electrons. The zero-order valence-corrected chi connectivity index (χ0v) is 19.7. The van der Waals surface area contributed by atoms with Gasteiger partial charge in [0.2, 0.25) is 0 Å². The molecule has 1 amide bonds. The number of amides is 1. The van der Waals surface area contributed by atoms with Crippen LogP contribution in [0.15, 0.2) is 24.3 Å². The van der Waals surface area contributed by atoms with E-state index in [2.05, 4.69) is 0 Å². The van der Waals surface area contributed by atoms with E-state index in [0.717, 1.165) is 0 Å². The van der Waals surface area contributed by atoms with Crippen molar-refractivity contribution in [3.05, 3.63) is 52.3 Å². The van der Waals surface area contributed by atoms with Gasteiger partial charge >= 0.3 is 5.97 Å². The maximum absolute atomic E-state index is 13.4. The summed E-state index contributed by atoms with van der Waals surface area (Å²) in [6, 6.07) is 6.80. The van der Waals surface area contributed by atoms with Crippen molar-refractivity contribution in [3.8, 4) is 5.75 Å². The third-order valence-corrected chi connectivity index (χ3v) is 5.43. The number of Topliss-reactive ketones (excluding diaryl/α,β-unsaturated/α-hetero) is 1. The van der Waals surface area contributed by atoms with Crippen molar-refractivity contribution in [1.82, 2.24) is 9.47 Å². The standard InChI is InChI=1S/C24H32N2O5/c1-9-25-16(3)20(15(2)21(25)23(29)31-8)19(27)14-26(24(4,5)6)22(28)17-10-12-18(30-7)13-11-17/h10-13H,9,14H2,1-8H3. The first-order valence-electron chi connectivity index (χ1n) is 10.2. The van der Waals surface area contributed by atoms with Crippen molar-refractivity contribution in [1.29, 1.82) is 0 Å². The summed E-state index contributed by atoms with van der Waals surface area (Å²) in [6.07, 6.45) is 0. The number of ether oxygens (including phenoxy) is 2. The molecular formula is C24H32N2O5. The number of hydrogen-bond acceptors (Lipinski definition) is 5. The minimum absolute atomic E-state index is 0.107. The summed E-state index contributed by atoms with van der Waals surface area (Å²) in [4.78, 5) is 40.5. The lowest BCUT2D eigenvalue weighted by Gasteiger charge is -2.35. The van der Waals surface area contributed by atoms with Gasteiger partial charge in [-0.1, -0.05) is 0 Å². The summed E-state index contributed by atoms with van der Waals surface area (Å²) < 4.78 is 11.8. The summed E-state index contributed by atoms with van der Waals surface area (Å²) in [7, 11) is 2.88. The topological polar surface area (TPSA) is 77.8 Å². The molecular weight excluding hydrogens is 396 g/mol. The second-order valence-electron chi connectivity index (χ2n) is 8.38. The first kappa shape index (κ1) is 24.2. The van der Waals surface area contributed by atoms with E-state index in [1.807, 2.05) is 34.6 Å². The number of esters is 1. The predicted molar refractivity (Wildman–Crippen MR) is 119 cm³/mol. The molecule has 0 aliphatic rings. The van der Waals surface area contributed by atoms with Gasteiger partial charge < -0.3 is 18.9 Å². The molecule has 1 aromatic carbocycles.